The van der Waals surface area contributed by atoms with Gasteiger partial charge in [-0.3, -0.25) is 0 Å². The first kappa shape index (κ1) is 39.8. The minimum atomic E-state index is -0.978. The van der Waals surface area contributed by atoms with Crippen LogP contribution in [0.25, 0.3) is 11.0 Å². The number of hydrogen-bond donors (Lipinski definition) is 0. The highest BCUT2D eigenvalue weighted by Gasteiger charge is 2.41. The molecular formula is C38H52N6O8. The molecule has 1 saturated heterocycles. The van der Waals surface area contributed by atoms with Crippen LogP contribution in [0.4, 0.5) is 20.2 Å². The van der Waals surface area contributed by atoms with Gasteiger partial charge in [0.25, 0.3) is 0 Å². The lowest BCUT2D eigenvalue weighted by Crippen LogP contribution is -2.44. The zero-order chi connectivity index (χ0) is 38.8. The lowest BCUT2D eigenvalue weighted by Gasteiger charge is -2.29. The third-order valence-electron chi connectivity index (χ3n) is 7.64. The molecule has 14 heteroatoms. The number of likely N-dealkylation sites (tertiary alicyclic amines) is 1. The molecular weight excluding hydrogens is 668 g/mol. The second-order valence-corrected chi connectivity index (χ2v) is 15.9. The Balaban J connectivity index is 1.96. The number of carbonyl (C=O) groups is 3. The summed E-state index contributed by atoms with van der Waals surface area (Å²) < 4.78 is 30.0. The summed E-state index contributed by atoms with van der Waals surface area (Å²) in [6.07, 6.45) is 1.29. The molecule has 52 heavy (non-hydrogen) atoms. The number of amides is 3. The van der Waals surface area contributed by atoms with Crippen molar-refractivity contribution in [3.8, 4) is 23.3 Å². The van der Waals surface area contributed by atoms with Gasteiger partial charge in [0.2, 0.25) is 0 Å². The Bertz CT molecular complexity index is 1800. The Morgan fingerprint density at radius 2 is 1.38 bits per heavy atom. The molecule has 0 saturated carbocycles. The van der Waals surface area contributed by atoms with Crippen molar-refractivity contribution in [2.75, 3.05) is 46.3 Å². The van der Waals surface area contributed by atoms with Crippen LogP contribution in [-0.2, 0) is 14.2 Å². The van der Waals surface area contributed by atoms with E-state index in [1.165, 1.54) is 6.33 Å². The first-order valence-corrected chi connectivity index (χ1v) is 17.1. The van der Waals surface area contributed by atoms with E-state index in [9.17, 15) is 14.4 Å². The highest BCUT2D eigenvalue weighted by Crippen LogP contribution is 2.37. The summed E-state index contributed by atoms with van der Waals surface area (Å²) in [6.45, 7) is 16.6. The molecule has 1 aliphatic heterocycles. The monoisotopic (exact) mass is 720 g/mol. The van der Waals surface area contributed by atoms with Gasteiger partial charge >= 0.3 is 18.3 Å². The fourth-order valence-corrected chi connectivity index (χ4v) is 5.73. The SMILES string of the molecule is COc1cc(C#Cc2cn([C@H]3C[C@@H](CN(C)C)N(C(=O)OC(C)(C)C)C3)c3ncnc(N(C(=O)OC(C)(C)C)C(=O)OC(C)(C)C)c23)cc(OC)c1. The van der Waals surface area contributed by atoms with E-state index < -0.39 is 35.1 Å². The number of benzene rings is 1. The van der Waals surface area contributed by atoms with Crippen molar-refractivity contribution in [1.82, 2.24) is 24.3 Å². The standard InChI is InChI=1S/C38H52N6O8/c1-36(2,3)50-33(45)43-22-27(18-26(43)21-41(10)11)42-20-25(15-14-24-16-28(48-12)19-29(17-24)49-13)30-31(42)39-23-40-32(30)44(34(46)51-37(4,5)6)35(47)52-38(7,8)9/h16-17,19-20,23,26-27H,18,21-22H2,1-13H3/t26-,27-/m0/s1. The highest BCUT2D eigenvalue weighted by molar-refractivity contribution is 6.14. The second kappa shape index (κ2) is 15.3. The van der Waals surface area contributed by atoms with Crippen molar-refractivity contribution >= 4 is 35.1 Å². The minimum Gasteiger partial charge on any atom is -0.497 e. The molecule has 1 fully saturated rings. The van der Waals surface area contributed by atoms with Crippen LogP contribution in [0.15, 0.2) is 30.7 Å². The lowest BCUT2D eigenvalue weighted by atomic mass is 10.1. The first-order valence-electron chi connectivity index (χ1n) is 17.1. The van der Waals surface area contributed by atoms with Gasteiger partial charge in [0.05, 0.1) is 31.2 Å². The van der Waals surface area contributed by atoms with E-state index in [-0.39, 0.29) is 17.9 Å². The first-order chi connectivity index (χ1) is 24.1. The molecule has 0 unspecified atom stereocenters. The van der Waals surface area contributed by atoms with Gasteiger partial charge in [-0.05, 0) is 95.0 Å². The molecule has 0 radical (unpaired) electrons. The Kier molecular flexibility index (Phi) is 11.7. The maximum Gasteiger partial charge on any atom is 0.425 e. The van der Waals surface area contributed by atoms with Crippen LogP contribution in [0.1, 0.15) is 85.9 Å². The molecule has 3 heterocycles. The third-order valence-corrected chi connectivity index (χ3v) is 7.64. The summed E-state index contributed by atoms with van der Waals surface area (Å²) >= 11 is 0. The predicted molar refractivity (Wildman–Crippen MR) is 197 cm³/mol. The van der Waals surface area contributed by atoms with E-state index in [2.05, 4.69) is 21.8 Å². The van der Waals surface area contributed by atoms with Gasteiger partial charge in [0.15, 0.2) is 5.82 Å². The molecule has 14 nitrogen and oxygen atoms in total. The van der Waals surface area contributed by atoms with Crippen molar-refractivity contribution in [3.63, 3.8) is 0 Å². The molecule has 2 aromatic heterocycles. The Morgan fingerprint density at radius 3 is 1.88 bits per heavy atom. The molecule has 3 amide bonds. The smallest absolute Gasteiger partial charge is 0.425 e. The summed E-state index contributed by atoms with van der Waals surface area (Å²) in [4.78, 5) is 54.8. The molecule has 0 N–H and O–H groups in total. The third kappa shape index (κ3) is 10.1. The van der Waals surface area contributed by atoms with Crippen LogP contribution in [0.2, 0.25) is 0 Å². The summed E-state index contributed by atoms with van der Waals surface area (Å²) in [7, 11) is 7.01. The van der Waals surface area contributed by atoms with Crippen molar-refractivity contribution in [2.45, 2.75) is 97.6 Å². The Morgan fingerprint density at radius 1 is 0.827 bits per heavy atom. The summed E-state index contributed by atoms with van der Waals surface area (Å²) in [6, 6.07) is 4.82. The Labute approximate surface area is 306 Å². The van der Waals surface area contributed by atoms with Gasteiger partial charge in [0, 0.05) is 37.0 Å². The number of fused-ring (bicyclic) bond motifs is 1. The number of rotatable bonds is 6. The van der Waals surface area contributed by atoms with Crippen LogP contribution >= 0.6 is 0 Å². The van der Waals surface area contributed by atoms with Gasteiger partial charge < -0.3 is 38.1 Å². The number of imide groups is 1. The molecule has 0 bridgehead atoms. The van der Waals surface area contributed by atoms with Gasteiger partial charge in [-0.1, -0.05) is 11.8 Å². The van der Waals surface area contributed by atoms with Crippen LogP contribution in [-0.4, -0.2) is 107 Å². The zero-order valence-electron chi connectivity index (χ0n) is 32.6. The predicted octanol–water partition coefficient (Wildman–Crippen LogP) is 6.64. The van der Waals surface area contributed by atoms with Crippen LogP contribution < -0.4 is 14.4 Å². The number of aromatic nitrogens is 3. The average Bonchev–Trinajstić information content (AvgIpc) is 3.58. The molecule has 1 aliphatic rings. The van der Waals surface area contributed by atoms with Gasteiger partial charge in [-0.15, -0.1) is 0 Å². The maximum absolute atomic E-state index is 13.8. The number of ether oxygens (including phenoxy) is 5. The van der Waals surface area contributed by atoms with Crippen LogP contribution in [0.5, 0.6) is 11.5 Å². The molecule has 2 atom stereocenters. The van der Waals surface area contributed by atoms with Crippen molar-refractivity contribution in [2.24, 2.45) is 0 Å². The molecule has 4 rings (SSSR count). The summed E-state index contributed by atoms with van der Waals surface area (Å²) in [5.74, 6) is 7.44. The maximum atomic E-state index is 13.8. The topological polar surface area (TPSA) is 138 Å². The summed E-state index contributed by atoms with van der Waals surface area (Å²) in [5, 5.41) is 0.321. The zero-order valence-corrected chi connectivity index (χ0v) is 32.6. The largest absolute Gasteiger partial charge is 0.497 e. The van der Waals surface area contributed by atoms with Crippen molar-refractivity contribution in [3.05, 3.63) is 41.9 Å². The van der Waals surface area contributed by atoms with Gasteiger partial charge in [-0.2, -0.15) is 4.90 Å². The van der Waals surface area contributed by atoms with E-state index in [1.807, 2.05) is 50.5 Å². The minimum absolute atomic E-state index is 0.0633. The Hall–Kier alpha value is -5.03. The molecule has 0 aliphatic carbocycles. The van der Waals surface area contributed by atoms with Crippen molar-refractivity contribution in [1.29, 1.82) is 0 Å². The van der Waals surface area contributed by atoms with Crippen LogP contribution in [0, 0.1) is 11.8 Å². The number of anilines is 1. The van der Waals surface area contributed by atoms with E-state index >= 15 is 0 Å². The molecule has 3 aromatic rings. The number of likely N-dealkylation sites (N-methyl/N-ethyl adjacent to an activating group) is 1. The fraction of sp³-hybridized carbons (Fsp3) is 0.553. The lowest BCUT2D eigenvalue weighted by molar-refractivity contribution is 0.0203. The number of hydrogen-bond acceptors (Lipinski definition) is 11. The van der Waals surface area contributed by atoms with E-state index in [1.54, 1.807) is 78.9 Å². The average molecular weight is 721 g/mol. The molecule has 0 spiro atoms. The van der Waals surface area contributed by atoms with E-state index in [0.717, 1.165) is 4.90 Å². The normalized spacial score (nSPS) is 16.3. The quantitative estimate of drug-likeness (QED) is 0.200. The van der Waals surface area contributed by atoms with E-state index in [4.69, 9.17) is 23.7 Å². The fourth-order valence-electron chi connectivity index (χ4n) is 5.73. The van der Waals surface area contributed by atoms with Crippen molar-refractivity contribution < 1.29 is 38.1 Å². The summed E-state index contributed by atoms with van der Waals surface area (Å²) in [5.41, 5.74) is -1.16. The van der Waals surface area contributed by atoms with Gasteiger partial charge in [0.1, 0.15) is 40.3 Å². The van der Waals surface area contributed by atoms with Crippen LogP contribution in [0.3, 0.4) is 0 Å². The number of nitrogens with zero attached hydrogens (tertiary/aromatic N) is 6. The van der Waals surface area contributed by atoms with Gasteiger partial charge in [-0.25, -0.2) is 24.4 Å². The highest BCUT2D eigenvalue weighted by atomic mass is 16.6. The molecule has 282 valence electrons. The second-order valence-electron chi connectivity index (χ2n) is 15.9. The van der Waals surface area contributed by atoms with E-state index in [0.29, 0.717) is 53.2 Å². The number of carbonyl (C=O) groups excluding carboxylic acids is 3. The number of methoxy groups -OCH3 is 2. The molecule has 1 aromatic carbocycles.